The van der Waals surface area contributed by atoms with Crippen molar-refractivity contribution < 1.29 is 31.9 Å². The van der Waals surface area contributed by atoms with Gasteiger partial charge in [0.25, 0.3) is 0 Å². The average molecular weight is 522 g/mol. The first-order chi connectivity index (χ1) is 17.1. The molecule has 0 saturated carbocycles. The number of halogens is 1. The van der Waals surface area contributed by atoms with E-state index in [1.54, 1.807) is 43.3 Å². The second-order valence-corrected chi connectivity index (χ2v) is 10.5. The molecule has 1 unspecified atom stereocenters. The van der Waals surface area contributed by atoms with Gasteiger partial charge >= 0.3 is 0 Å². The van der Waals surface area contributed by atoms with Gasteiger partial charge in [0.15, 0.2) is 11.5 Å². The summed E-state index contributed by atoms with van der Waals surface area (Å²) in [4.78, 5) is 27.2. The van der Waals surface area contributed by atoms with Crippen LogP contribution in [0.25, 0.3) is 0 Å². The van der Waals surface area contributed by atoms with Crippen LogP contribution in [-0.2, 0) is 26.2 Å². The molecule has 0 bridgehead atoms. The SMILES string of the molecule is CCCNC(=O)C(C)N(Cc1ccccc1F)C(=O)CCCN(c1ccc2c(c1)OCO2)S(C)(=O)=O. The molecule has 0 radical (unpaired) electrons. The monoisotopic (exact) mass is 521 g/mol. The van der Waals surface area contributed by atoms with E-state index >= 15 is 0 Å². The maximum atomic E-state index is 14.3. The minimum absolute atomic E-state index is 0.0313. The minimum Gasteiger partial charge on any atom is -0.454 e. The fourth-order valence-electron chi connectivity index (χ4n) is 3.83. The van der Waals surface area contributed by atoms with Crippen molar-refractivity contribution in [1.29, 1.82) is 0 Å². The highest BCUT2D eigenvalue weighted by molar-refractivity contribution is 7.92. The molecule has 2 amide bonds. The topological polar surface area (TPSA) is 105 Å². The molecular formula is C25H32FN3O6S. The van der Waals surface area contributed by atoms with Crippen molar-refractivity contribution in [3.05, 3.63) is 53.8 Å². The van der Waals surface area contributed by atoms with Crippen LogP contribution >= 0.6 is 0 Å². The zero-order chi connectivity index (χ0) is 26.3. The first-order valence-corrected chi connectivity index (χ1v) is 13.6. The number of carbonyl (C=O) groups excluding carboxylic acids is 2. The van der Waals surface area contributed by atoms with E-state index in [4.69, 9.17) is 9.47 Å². The molecule has 0 aliphatic carbocycles. The van der Waals surface area contributed by atoms with Gasteiger partial charge in [-0.15, -0.1) is 0 Å². The van der Waals surface area contributed by atoms with E-state index in [9.17, 15) is 22.4 Å². The number of amides is 2. The van der Waals surface area contributed by atoms with E-state index in [1.807, 2.05) is 6.92 Å². The summed E-state index contributed by atoms with van der Waals surface area (Å²) in [6, 6.07) is 10.1. The van der Waals surface area contributed by atoms with Crippen molar-refractivity contribution in [2.45, 2.75) is 45.7 Å². The van der Waals surface area contributed by atoms with Crippen LogP contribution in [0.1, 0.15) is 38.7 Å². The van der Waals surface area contributed by atoms with Crippen LogP contribution in [0, 0.1) is 5.82 Å². The Balaban J connectivity index is 1.73. The Kier molecular flexibility index (Phi) is 9.14. The second-order valence-electron chi connectivity index (χ2n) is 8.56. The summed E-state index contributed by atoms with van der Waals surface area (Å²) >= 11 is 0. The molecule has 1 N–H and O–H groups in total. The molecule has 11 heteroatoms. The second kappa shape index (κ2) is 12.1. The molecule has 1 atom stereocenters. The molecule has 2 aromatic rings. The number of rotatable bonds is 12. The van der Waals surface area contributed by atoms with Crippen molar-refractivity contribution in [2.24, 2.45) is 0 Å². The van der Waals surface area contributed by atoms with Crippen LogP contribution in [-0.4, -0.2) is 57.3 Å². The molecule has 1 aliphatic rings. The largest absolute Gasteiger partial charge is 0.454 e. The Morgan fingerprint density at radius 2 is 1.86 bits per heavy atom. The van der Waals surface area contributed by atoms with Gasteiger partial charge < -0.3 is 19.7 Å². The van der Waals surface area contributed by atoms with E-state index in [1.165, 1.54) is 15.3 Å². The van der Waals surface area contributed by atoms with Gasteiger partial charge in [-0.2, -0.15) is 0 Å². The summed E-state index contributed by atoms with van der Waals surface area (Å²) < 4.78 is 51.1. The van der Waals surface area contributed by atoms with Gasteiger partial charge in [-0.1, -0.05) is 25.1 Å². The number of carbonyl (C=O) groups is 2. The molecule has 3 rings (SSSR count). The van der Waals surface area contributed by atoms with Crippen LogP contribution in [0.15, 0.2) is 42.5 Å². The average Bonchev–Trinajstić information content (AvgIpc) is 3.31. The summed E-state index contributed by atoms with van der Waals surface area (Å²) in [5.41, 5.74) is 0.684. The lowest BCUT2D eigenvalue weighted by atomic mass is 10.1. The molecule has 2 aromatic carbocycles. The molecule has 196 valence electrons. The summed E-state index contributed by atoms with van der Waals surface area (Å²) in [7, 11) is -3.65. The Morgan fingerprint density at radius 1 is 1.14 bits per heavy atom. The third kappa shape index (κ3) is 6.87. The standard InChI is InChI=1S/C25H32FN3O6S/c1-4-13-27-25(31)18(2)28(16-19-8-5-6-9-21(19)26)24(30)10-7-14-29(36(3,32)33)20-11-12-22-23(15-20)35-17-34-22/h5-6,8-9,11-12,15,18H,4,7,10,13-14,16-17H2,1-3H3,(H,27,31). The van der Waals surface area contributed by atoms with Crippen LogP contribution < -0.4 is 19.1 Å². The zero-order valence-electron chi connectivity index (χ0n) is 20.7. The number of nitrogens with zero attached hydrogens (tertiary/aromatic N) is 2. The van der Waals surface area contributed by atoms with Gasteiger partial charge in [0.1, 0.15) is 11.9 Å². The normalized spacial score (nSPS) is 13.2. The van der Waals surface area contributed by atoms with Crippen LogP contribution in [0.4, 0.5) is 10.1 Å². The van der Waals surface area contributed by atoms with Crippen molar-refractivity contribution in [1.82, 2.24) is 10.2 Å². The Bertz CT molecular complexity index is 1190. The number of sulfonamides is 1. The molecule has 36 heavy (non-hydrogen) atoms. The number of fused-ring (bicyclic) bond motifs is 1. The van der Waals surface area contributed by atoms with E-state index in [0.717, 1.165) is 12.7 Å². The van der Waals surface area contributed by atoms with Crippen LogP contribution in [0.2, 0.25) is 0 Å². The van der Waals surface area contributed by atoms with Gasteiger partial charge in [0, 0.05) is 37.7 Å². The summed E-state index contributed by atoms with van der Waals surface area (Å²) in [5, 5.41) is 2.77. The van der Waals surface area contributed by atoms with Gasteiger partial charge in [-0.3, -0.25) is 13.9 Å². The maximum Gasteiger partial charge on any atom is 0.242 e. The van der Waals surface area contributed by atoms with E-state index < -0.39 is 21.9 Å². The molecule has 1 aliphatic heterocycles. The lowest BCUT2D eigenvalue weighted by molar-refractivity contribution is -0.140. The minimum atomic E-state index is -3.65. The molecule has 0 spiro atoms. The highest BCUT2D eigenvalue weighted by atomic mass is 32.2. The van der Waals surface area contributed by atoms with E-state index in [-0.39, 0.29) is 44.5 Å². The van der Waals surface area contributed by atoms with E-state index in [0.29, 0.717) is 29.3 Å². The number of ether oxygens (including phenoxy) is 2. The lowest BCUT2D eigenvalue weighted by Gasteiger charge is -2.29. The lowest BCUT2D eigenvalue weighted by Crippen LogP contribution is -2.48. The zero-order valence-corrected chi connectivity index (χ0v) is 21.5. The maximum absolute atomic E-state index is 14.3. The Hall–Kier alpha value is -3.34. The van der Waals surface area contributed by atoms with Gasteiger partial charge in [-0.25, -0.2) is 12.8 Å². The summed E-state index contributed by atoms with van der Waals surface area (Å²) in [6.07, 6.45) is 1.98. The molecule has 1 heterocycles. The Labute approximate surface area is 211 Å². The number of anilines is 1. The predicted molar refractivity (Wildman–Crippen MR) is 134 cm³/mol. The predicted octanol–water partition coefficient (Wildman–Crippen LogP) is 3.04. The molecule has 0 fully saturated rings. The number of hydrogen-bond donors (Lipinski definition) is 1. The third-order valence-corrected chi connectivity index (χ3v) is 7.01. The van der Waals surface area contributed by atoms with Crippen LogP contribution in [0.3, 0.4) is 0 Å². The summed E-state index contributed by atoms with van der Waals surface area (Å²) in [6.45, 7) is 4.00. The first kappa shape index (κ1) is 27.3. The van der Waals surface area contributed by atoms with Crippen molar-refractivity contribution in [3.8, 4) is 11.5 Å². The van der Waals surface area contributed by atoms with Crippen LogP contribution in [0.5, 0.6) is 11.5 Å². The molecule has 9 nitrogen and oxygen atoms in total. The number of nitrogens with one attached hydrogen (secondary N) is 1. The quantitative estimate of drug-likeness (QED) is 0.460. The smallest absolute Gasteiger partial charge is 0.242 e. The van der Waals surface area contributed by atoms with Crippen molar-refractivity contribution in [3.63, 3.8) is 0 Å². The third-order valence-electron chi connectivity index (χ3n) is 5.81. The summed E-state index contributed by atoms with van der Waals surface area (Å²) in [5.74, 6) is -0.208. The van der Waals surface area contributed by atoms with Gasteiger partial charge in [0.2, 0.25) is 28.6 Å². The Morgan fingerprint density at radius 3 is 2.56 bits per heavy atom. The molecular weight excluding hydrogens is 489 g/mol. The highest BCUT2D eigenvalue weighted by Crippen LogP contribution is 2.36. The molecule has 0 saturated heterocycles. The fourth-order valence-corrected chi connectivity index (χ4v) is 4.79. The fraction of sp³-hybridized carbons (Fsp3) is 0.440. The van der Waals surface area contributed by atoms with E-state index in [2.05, 4.69) is 5.32 Å². The van der Waals surface area contributed by atoms with Gasteiger partial charge in [-0.05, 0) is 38.0 Å². The van der Waals surface area contributed by atoms with Crippen molar-refractivity contribution >= 4 is 27.5 Å². The number of hydrogen-bond acceptors (Lipinski definition) is 6. The highest BCUT2D eigenvalue weighted by Gasteiger charge is 2.27. The molecule has 0 aromatic heterocycles. The van der Waals surface area contributed by atoms with Crippen molar-refractivity contribution in [2.75, 3.05) is 30.4 Å². The first-order valence-electron chi connectivity index (χ1n) is 11.8. The number of benzene rings is 2. The van der Waals surface area contributed by atoms with Gasteiger partial charge in [0.05, 0.1) is 11.9 Å².